The SMILES string of the molecule is c1ccc(C2=NC(c3cccc4c3sc3cccc(-c5ccc6c(c5)oc5c(-n7c8ccccc8c8ccccc87)cccc56)c34)NC(c3ccccc3)N2)cc1. The van der Waals surface area contributed by atoms with Crippen LogP contribution in [0, 0.1) is 0 Å². The Morgan fingerprint density at radius 1 is 0.561 bits per heavy atom. The van der Waals surface area contributed by atoms with E-state index in [1.807, 2.05) is 17.4 Å². The van der Waals surface area contributed by atoms with E-state index >= 15 is 0 Å². The molecule has 5 nitrogen and oxygen atoms in total. The van der Waals surface area contributed by atoms with Gasteiger partial charge in [-0.25, -0.2) is 4.99 Å². The van der Waals surface area contributed by atoms with E-state index in [2.05, 4.69) is 191 Å². The Labute approximate surface area is 332 Å². The minimum atomic E-state index is -0.248. The molecule has 0 radical (unpaired) electrons. The van der Waals surface area contributed by atoms with Gasteiger partial charge in [-0.15, -0.1) is 11.3 Å². The predicted octanol–water partition coefficient (Wildman–Crippen LogP) is 13.1. The van der Waals surface area contributed by atoms with Gasteiger partial charge in [-0.3, -0.25) is 5.32 Å². The summed E-state index contributed by atoms with van der Waals surface area (Å²) in [5.74, 6) is 0.882. The van der Waals surface area contributed by atoms with Gasteiger partial charge >= 0.3 is 0 Å². The second-order valence-corrected chi connectivity index (χ2v) is 15.8. The van der Waals surface area contributed by atoms with Crippen LogP contribution in [0.3, 0.4) is 0 Å². The molecule has 1 aliphatic rings. The lowest BCUT2D eigenvalue weighted by atomic mass is 9.97. The van der Waals surface area contributed by atoms with Gasteiger partial charge in [0.05, 0.1) is 16.7 Å². The molecule has 6 heteroatoms. The van der Waals surface area contributed by atoms with Gasteiger partial charge in [0.1, 0.15) is 23.8 Å². The molecule has 0 saturated heterocycles. The number of amidine groups is 1. The van der Waals surface area contributed by atoms with Crippen molar-refractivity contribution in [2.24, 2.45) is 4.99 Å². The highest BCUT2D eigenvalue weighted by Gasteiger charge is 2.27. The molecule has 0 aliphatic carbocycles. The first-order chi connectivity index (χ1) is 28.3. The van der Waals surface area contributed by atoms with Crippen LogP contribution < -0.4 is 10.6 Å². The van der Waals surface area contributed by atoms with E-state index in [0.29, 0.717) is 0 Å². The first-order valence-electron chi connectivity index (χ1n) is 19.4. The van der Waals surface area contributed by atoms with Crippen molar-refractivity contribution in [1.29, 1.82) is 0 Å². The summed E-state index contributed by atoms with van der Waals surface area (Å²) in [6.45, 7) is 0. The lowest BCUT2D eigenvalue weighted by molar-refractivity contribution is 0.411. The molecule has 0 bridgehead atoms. The van der Waals surface area contributed by atoms with E-state index in [0.717, 1.165) is 44.6 Å². The highest BCUT2D eigenvalue weighted by atomic mass is 32.1. The number of hydrogen-bond acceptors (Lipinski definition) is 5. The fourth-order valence-electron chi connectivity index (χ4n) is 8.91. The zero-order valence-corrected chi connectivity index (χ0v) is 31.5. The van der Waals surface area contributed by atoms with Crippen molar-refractivity contribution in [3.05, 3.63) is 199 Å². The van der Waals surface area contributed by atoms with Gasteiger partial charge in [-0.2, -0.15) is 0 Å². The minimum absolute atomic E-state index is 0.102. The van der Waals surface area contributed by atoms with Crippen molar-refractivity contribution >= 4 is 81.1 Å². The molecule has 11 aromatic rings. The lowest BCUT2D eigenvalue weighted by Crippen LogP contribution is -2.44. The fourth-order valence-corrected chi connectivity index (χ4v) is 10.2. The summed E-state index contributed by atoms with van der Waals surface area (Å²) in [6, 6.07) is 64.7. The Morgan fingerprint density at radius 3 is 2.05 bits per heavy atom. The van der Waals surface area contributed by atoms with Crippen molar-refractivity contribution < 1.29 is 4.42 Å². The van der Waals surface area contributed by atoms with Gasteiger partial charge in [0.2, 0.25) is 0 Å². The molecule has 0 spiro atoms. The number of nitrogens with one attached hydrogen (secondary N) is 2. The zero-order valence-electron chi connectivity index (χ0n) is 30.7. The normalized spacial score (nSPS) is 15.9. The summed E-state index contributed by atoms with van der Waals surface area (Å²) in [6.07, 6.45) is -0.349. The molecule has 2 N–H and O–H groups in total. The molecular weight excluding hydrogens is 717 g/mol. The van der Waals surface area contributed by atoms with Gasteiger partial charge in [0.15, 0.2) is 5.58 Å². The van der Waals surface area contributed by atoms with E-state index in [1.165, 1.54) is 58.7 Å². The van der Waals surface area contributed by atoms with Crippen LogP contribution in [0.5, 0.6) is 0 Å². The van der Waals surface area contributed by atoms with E-state index in [-0.39, 0.29) is 12.3 Å². The lowest BCUT2D eigenvalue weighted by Gasteiger charge is -2.32. The number of para-hydroxylation sites is 3. The Balaban J connectivity index is 0.997. The molecule has 2 atom stereocenters. The van der Waals surface area contributed by atoms with Gasteiger partial charge in [0.25, 0.3) is 0 Å². The van der Waals surface area contributed by atoms with Crippen molar-refractivity contribution in [2.45, 2.75) is 12.3 Å². The van der Waals surface area contributed by atoms with Crippen LogP contribution in [0.4, 0.5) is 0 Å². The summed E-state index contributed by atoms with van der Waals surface area (Å²) in [5, 5.41) is 14.7. The van der Waals surface area contributed by atoms with Crippen LogP contribution in [0.2, 0.25) is 0 Å². The third-order valence-electron chi connectivity index (χ3n) is 11.5. The monoisotopic (exact) mass is 750 g/mol. The number of rotatable bonds is 5. The average molecular weight is 751 g/mol. The molecule has 0 fully saturated rings. The van der Waals surface area contributed by atoms with Crippen LogP contribution in [0.25, 0.3) is 80.7 Å². The highest BCUT2D eigenvalue weighted by molar-refractivity contribution is 7.26. The Bertz CT molecular complexity index is 3320. The minimum Gasteiger partial charge on any atom is -0.454 e. The van der Waals surface area contributed by atoms with E-state index in [1.54, 1.807) is 0 Å². The number of benzene rings is 8. The number of aromatic nitrogens is 1. The highest BCUT2D eigenvalue weighted by Crippen LogP contribution is 2.45. The average Bonchev–Trinajstić information content (AvgIpc) is 3.96. The summed E-state index contributed by atoms with van der Waals surface area (Å²) < 4.78 is 11.7. The molecule has 3 aromatic heterocycles. The van der Waals surface area contributed by atoms with Gasteiger partial charge in [0, 0.05) is 52.8 Å². The number of thiophene rings is 1. The van der Waals surface area contributed by atoms with Crippen LogP contribution in [-0.2, 0) is 0 Å². The molecule has 12 rings (SSSR count). The largest absolute Gasteiger partial charge is 0.454 e. The van der Waals surface area contributed by atoms with Crippen molar-refractivity contribution in [2.75, 3.05) is 0 Å². The molecule has 0 amide bonds. The van der Waals surface area contributed by atoms with Crippen molar-refractivity contribution in [3.8, 4) is 16.8 Å². The second kappa shape index (κ2) is 12.8. The van der Waals surface area contributed by atoms with Crippen molar-refractivity contribution in [1.82, 2.24) is 15.2 Å². The number of furan rings is 1. The first kappa shape index (κ1) is 32.3. The maximum absolute atomic E-state index is 6.89. The maximum Gasteiger partial charge on any atom is 0.159 e. The fraction of sp³-hybridized carbons (Fsp3) is 0.0392. The smallest absolute Gasteiger partial charge is 0.159 e. The van der Waals surface area contributed by atoms with Gasteiger partial charge in [-0.1, -0.05) is 146 Å². The molecule has 4 heterocycles. The topological polar surface area (TPSA) is 54.5 Å². The quantitative estimate of drug-likeness (QED) is 0.184. The predicted molar refractivity (Wildman–Crippen MR) is 238 cm³/mol. The second-order valence-electron chi connectivity index (χ2n) is 14.7. The first-order valence-corrected chi connectivity index (χ1v) is 20.2. The van der Waals surface area contributed by atoms with Crippen LogP contribution in [0.1, 0.15) is 29.0 Å². The van der Waals surface area contributed by atoms with Gasteiger partial charge in [-0.05, 0) is 53.1 Å². The molecule has 57 heavy (non-hydrogen) atoms. The summed E-state index contributed by atoms with van der Waals surface area (Å²) >= 11 is 1.84. The van der Waals surface area contributed by atoms with E-state index in [4.69, 9.17) is 9.41 Å². The Morgan fingerprint density at radius 2 is 1.25 bits per heavy atom. The van der Waals surface area contributed by atoms with Crippen LogP contribution in [0.15, 0.2) is 191 Å². The number of fused-ring (bicyclic) bond motifs is 9. The molecular formula is C51H34N4OS. The standard InChI is InChI=1S/C51H34N4OS/c1-3-14-31(15-4-1)49-52-50(32-16-5-2-6-17-32)54-51(53-49)40-23-11-22-39-46-34(20-13-27-45(46)57-48(39)40)33-28-29-37-38-21-12-26-43(47(38)56-44(37)30-33)55-41-24-9-7-18-35(41)36-19-8-10-25-42(36)55/h1-30,49,51,53H,(H,52,54). The maximum atomic E-state index is 6.89. The van der Waals surface area contributed by atoms with Gasteiger partial charge < -0.3 is 14.3 Å². The summed E-state index contributed by atoms with van der Waals surface area (Å²) in [7, 11) is 0. The van der Waals surface area contributed by atoms with Crippen LogP contribution >= 0.6 is 11.3 Å². The molecule has 270 valence electrons. The zero-order chi connectivity index (χ0) is 37.5. The van der Waals surface area contributed by atoms with Crippen molar-refractivity contribution in [3.63, 3.8) is 0 Å². The molecule has 1 aliphatic heterocycles. The third-order valence-corrected chi connectivity index (χ3v) is 12.7. The summed E-state index contributed by atoms with van der Waals surface area (Å²) in [5.41, 5.74) is 10.9. The Hall–Kier alpha value is -6.99. The molecule has 8 aromatic carbocycles. The molecule has 0 saturated carbocycles. The Kier molecular flexibility index (Phi) is 7.24. The van der Waals surface area contributed by atoms with E-state index < -0.39 is 0 Å². The number of hydrogen-bond donors (Lipinski definition) is 2. The summed E-state index contributed by atoms with van der Waals surface area (Å²) in [4.78, 5) is 5.30. The van der Waals surface area contributed by atoms with Crippen LogP contribution in [-0.4, -0.2) is 10.4 Å². The molecule has 2 unspecified atom stereocenters. The van der Waals surface area contributed by atoms with E-state index in [9.17, 15) is 0 Å². The third kappa shape index (κ3) is 5.08. The number of aliphatic imine (C=N–C) groups is 1. The number of nitrogens with zero attached hydrogens (tertiary/aromatic N) is 2.